The summed E-state index contributed by atoms with van der Waals surface area (Å²) in [7, 11) is 3.90. The van der Waals surface area contributed by atoms with Crippen molar-refractivity contribution in [2.24, 2.45) is 0 Å². The minimum Gasteiger partial charge on any atom is -0.376 e. The standard InChI is InChI=1S/C15H22N4O2/c1-10-12-7-21-9-15(5-6-19(8-15)11(2)20)13(12)17-14(16-10)18(3)4/h5-9H2,1-4H3/t15-/m0/s1. The number of anilines is 1. The molecule has 2 aliphatic rings. The van der Waals surface area contributed by atoms with Crippen LogP contribution in [0.1, 0.15) is 30.3 Å². The van der Waals surface area contributed by atoms with Gasteiger partial charge in [-0.1, -0.05) is 0 Å². The Morgan fingerprint density at radius 3 is 2.76 bits per heavy atom. The number of nitrogens with zero attached hydrogens (tertiary/aromatic N) is 4. The third-order valence-corrected chi connectivity index (χ3v) is 4.53. The van der Waals surface area contributed by atoms with Crippen molar-refractivity contribution in [3.8, 4) is 0 Å². The number of rotatable bonds is 1. The second-order valence-electron chi connectivity index (χ2n) is 6.29. The number of aryl methyl sites for hydroxylation is 1. The molecule has 3 rings (SSSR count). The van der Waals surface area contributed by atoms with E-state index in [1.165, 1.54) is 0 Å². The van der Waals surface area contributed by atoms with Crippen molar-refractivity contribution in [1.29, 1.82) is 0 Å². The van der Waals surface area contributed by atoms with E-state index in [-0.39, 0.29) is 11.3 Å². The highest BCUT2D eigenvalue weighted by Gasteiger charge is 2.46. The average Bonchev–Trinajstić information content (AvgIpc) is 2.85. The van der Waals surface area contributed by atoms with Gasteiger partial charge in [0.05, 0.1) is 24.3 Å². The minimum absolute atomic E-state index is 0.123. The normalized spacial score (nSPS) is 24.3. The lowest BCUT2D eigenvalue weighted by molar-refractivity contribution is -0.128. The van der Waals surface area contributed by atoms with Gasteiger partial charge in [0.25, 0.3) is 0 Å². The smallest absolute Gasteiger partial charge is 0.225 e. The van der Waals surface area contributed by atoms with E-state index in [4.69, 9.17) is 9.72 Å². The van der Waals surface area contributed by atoms with Gasteiger partial charge in [-0.25, -0.2) is 9.97 Å². The van der Waals surface area contributed by atoms with Crippen LogP contribution in [0.4, 0.5) is 5.95 Å². The number of ether oxygens (including phenoxy) is 1. The number of likely N-dealkylation sites (tertiary alicyclic amines) is 1. The average molecular weight is 290 g/mol. The highest BCUT2D eigenvalue weighted by atomic mass is 16.5. The van der Waals surface area contributed by atoms with Crippen LogP contribution in [0.2, 0.25) is 0 Å². The Morgan fingerprint density at radius 2 is 2.14 bits per heavy atom. The first kappa shape index (κ1) is 14.3. The summed E-state index contributed by atoms with van der Waals surface area (Å²) in [5.41, 5.74) is 2.98. The van der Waals surface area contributed by atoms with Crippen molar-refractivity contribution in [2.45, 2.75) is 32.3 Å². The van der Waals surface area contributed by atoms with Crippen LogP contribution < -0.4 is 4.90 Å². The summed E-state index contributed by atoms with van der Waals surface area (Å²) in [4.78, 5) is 24.8. The van der Waals surface area contributed by atoms with Gasteiger partial charge in [-0.15, -0.1) is 0 Å². The summed E-state index contributed by atoms with van der Waals surface area (Å²) < 4.78 is 5.81. The van der Waals surface area contributed by atoms with E-state index in [9.17, 15) is 4.79 Å². The van der Waals surface area contributed by atoms with Crippen LogP contribution in [0.15, 0.2) is 0 Å². The zero-order chi connectivity index (χ0) is 15.2. The predicted molar refractivity (Wildman–Crippen MR) is 79.3 cm³/mol. The van der Waals surface area contributed by atoms with Crippen molar-refractivity contribution in [3.05, 3.63) is 17.0 Å². The second kappa shape index (κ2) is 4.94. The Balaban J connectivity index is 2.07. The maximum absolute atomic E-state index is 11.7. The van der Waals surface area contributed by atoms with Gasteiger partial charge >= 0.3 is 0 Å². The third-order valence-electron chi connectivity index (χ3n) is 4.53. The van der Waals surface area contributed by atoms with Crippen molar-refractivity contribution < 1.29 is 9.53 Å². The summed E-state index contributed by atoms with van der Waals surface area (Å²) in [5, 5.41) is 0. The molecule has 1 amide bonds. The minimum atomic E-state index is -0.169. The maximum atomic E-state index is 11.7. The van der Waals surface area contributed by atoms with Gasteiger partial charge in [0.2, 0.25) is 11.9 Å². The highest BCUT2D eigenvalue weighted by Crippen LogP contribution is 2.40. The molecule has 1 saturated heterocycles. The van der Waals surface area contributed by atoms with Crippen LogP contribution in [0.3, 0.4) is 0 Å². The van der Waals surface area contributed by atoms with Crippen molar-refractivity contribution in [3.63, 3.8) is 0 Å². The molecule has 1 spiro atoms. The Morgan fingerprint density at radius 1 is 1.38 bits per heavy atom. The van der Waals surface area contributed by atoms with Crippen LogP contribution in [-0.4, -0.2) is 54.6 Å². The summed E-state index contributed by atoms with van der Waals surface area (Å²) >= 11 is 0. The summed E-state index contributed by atoms with van der Waals surface area (Å²) in [5.74, 6) is 0.853. The van der Waals surface area contributed by atoms with Crippen molar-refractivity contribution in [1.82, 2.24) is 14.9 Å². The molecule has 0 radical (unpaired) electrons. The first-order valence-electron chi connectivity index (χ1n) is 7.31. The Labute approximate surface area is 125 Å². The van der Waals surface area contributed by atoms with Crippen molar-refractivity contribution >= 4 is 11.9 Å². The second-order valence-corrected chi connectivity index (χ2v) is 6.29. The Kier molecular flexibility index (Phi) is 3.36. The van der Waals surface area contributed by atoms with Crippen LogP contribution in [0.25, 0.3) is 0 Å². The number of aromatic nitrogens is 2. The van der Waals surface area contributed by atoms with E-state index in [1.807, 2.05) is 30.8 Å². The molecule has 0 unspecified atom stereocenters. The zero-order valence-corrected chi connectivity index (χ0v) is 13.1. The topological polar surface area (TPSA) is 58.6 Å². The number of carbonyl (C=O) groups excluding carboxylic acids is 1. The summed E-state index contributed by atoms with van der Waals surface area (Å²) in [6, 6.07) is 0. The van der Waals surface area contributed by atoms with E-state index in [0.717, 1.165) is 35.9 Å². The molecule has 21 heavy (non-hydrogen) atoms. The fraction of sp³-hybridized carbons (Fsp3) is 0.667. The molecule has 1 aromatic heterocycles. The molecule has 0 aliphatic carbocycles. The van der Waals surface area contributed by atoms with Gasteiger partial charge in [0.15, 0.2) is 0 Å². The molecule has 0 bridgehead atoms. The zero-order valence-electron chi connectivity index (χ0n) is 13.1. The first-order chi connectivity index (χ1) is 9.93. The monoisotopic (exact) mass is 290 g/mol. The number of fused-ring (bicyclic) bond motifs is 2. The molecule has 3 heterocycles. The van der Waals surface area contributed by atoms with E-state index >= 15 is 0 Å². The molecule has 0 N–H and O–H groups in total. The molecule has 114 valence electrons. The van der Waals surface area contributed by atoms with E-state index in [1.54, 1.807) is 6.92 Å². The molecule has 0 saturated carbocycles. The SMILES string of the molecule is CC(=O)N1CC[C@@]2(COCc3c(C)nc(N(C)C)nc32)C1. The quantitative estimate of drug-likeness (QED) is 0.768. The summed E-state index contributed by atoms with van der Waals surface area (Å²) in [6.45, 7) is 6.30. The fourth-order valence-corrected chi connectivity index (χ4v) is 3.26. The molecule has 1 aromatic rings. The van der Waals surface area contributed by atoms with E-state index < -0.39 is 0 Å². The lowest BCUT2D eigenvalue weighted by atomic mass is 9.80. The maximum Gasteiger partial charge on any atom is 0.225 e. The van der Waals surface area contributed by atoms with Gasteiger partial charge in [-0.2, -0.15) is 0 Å². The highest BCUT2D eigenvalue weighted by molar-refractivity contribution is 5.74. The molecule has 0 aromatic carbocycles. The van der Waals surface area contributed by atoms with Crippen LogP contribution in [0.5, 0.6) is 0 Å². The molecular weight excluding hydrogens is 268 g/mol. The van der Waals surface area contributed by atoms with Crippen LogP contribution >= 0.6 is 0 Å². The molecule has 1 fully saturated rings. The summed E-state index contributed by atoms with van der Waals surface area (Å²) in [6.07, 6.45) is 0.906. The first-order valence-corrected chi connectivity index (χ1v) is 7.31. The Hall–Kier alpha value is -1.69. The van der Waals surface area contributed by atoms with Gasteiger partial charge in [0, 0.05) is 45.4 Å². The molecule has 6 nitrogen and oxygen atoms in total. The van der Waals surface area contributed by atoms with Gasteiger partial charge in [-0.05, 0) is 13.3 Å². The molecule has 1 atom stereocenters. The molecule has 2 aliphatic heterocycles. The number of amides is 1. The number of hydrogen-bond donors (Lipinski definition) is 0. The Bertz CT molecular complexity index is 587. The molecule has 6 heteroatoms. The number of hydrogen-bond acceptors (Lipinski definition) is 5. The largest absolute Gasteiger partial charge is 0.376 e. The fourth-order valence-electron chi connectivity index (χ4n) is 3.26. The molecular formula is C15H22N4O2. The van der Waals surface area contributed by atoms with Crippen LogP contribution in [-0.2, 0) is 21.6 Å². The van der Waals surface area contributed by atoms with Crippen molar-refractivity contribution in [2.75, 3.05) is 38.7 Å². The van der Waals surface area contributed by atoms with Crippen LogP contribution in [0, 0.1) is 6.92 Å². The third kappa shape index (κ3) is 2.27. The van der Waals surface area contributed by atoms with E-state index in [0.29, 0.717) is 19.8 Å². The lowest BCUT2D eigenvalue weighted by Crippen LogP contribution is -2.42. The van der Waals surface area contributed by atoms with Gasteiger partial charge < -0.3 is 14.5 Å². The van der Waals surface area contributed by atoms with E-state index in [2.05, 4.69) is 4.98 Å². The predicted octanol–water partition coefficient (Wildman–Crippen LogP) is 0.871. The van der Waals surface area contributed by atoms with Gasteiger partial charge in [0.1, 0.15) is 0 Å². The number of carbonyl (C=O) groups is 1. The van der Waals surface area contributed by atoms with Gasteiger partial charge in [-0.3, -0.25) is 4.79 Å². The lowest BCUT2D eigenvalue weighted by Gasteiger charge is -2.35.